The third-order valence-electron chi connectivity index (χ3n) is 3.58. The van der Waals surface area contributed by atoms with Crippen molar-refractivity contribution in [3.63, 3.8) is 0 Å². The number of nitrogens with one attached hydrogen (secondary N) is 2. The first kappa shape index (κ1) is 23.5. The molecule has 0 spiro atoms. The summed E-state index contributed by atoms with van der Waals surface area (Å²) >= 11 is 0. The first-order chi connectivity index (χ1) is 14.1. The average molecular weight is 457 g/mol. The van der Waals surface area contributed by atoms with Crippen LogP contribution in [0.4, 0.5) is 16.2 Å². The first-order valence-corrected chi connectivity index (χ1v) is 12.4. The third-order valence-corrected chi connectivity index (χ3v) is 6.29. The molecule has 0 saturated carbocycles. The Kier molecular flexibility index (Phi) is 8.07. The number of benzene rings is 2. The highest BCUT2D eigenvalue weighted by Crippen LogP contribution is 2.20. The highest BCUT2D eigenvalue weighted by molar-refractivity contribution is 7.87. The number of urea groups is 1. The Morgan fingerprint density at radius 3 is 1.33 bits per heavy atom. The van der Waals surface area contributed by atoms with Crippen LogP contribution in [0.3, 0.4) is 0 Å². The Hall–Kier alpha value is -2.79. The number of hydrogen-bond donors (Lipinski definition) is 2. The van der Waals surface area contributed by atoms with E-state index < -0.39 is 26.3 Å². The highest BCUT2D eigenvalue weighted by Gasteiger charge is 2.12. The molecule has 2 amide bonds. The second-order valence-electron chi connectivity index (χ2n) is 6.32. The number of rotatable bonds is 10. The first-order valence-electron chi connectivity index (χ1n) is 9.25. The van der Waals surface area contributed by atoms with Gasteiger partial charge in [0.05, 0.1) is 11.5 Å². The summed E-state index contributed by atoms with van der Waals surface area (Å²) in [7, 11) is -7.25. The largest absolute Gasteiger partial charge is 0.382 e. The van der Waals surface area contributed by atoms with Crippen molar-refractivity contribution in [3.05, 3.63) is 48.5 Å². The third kappa shape index (κ3) is 7.91. The summed E-state index contributed by atoms with van der Waals surface area (Å²) in [5.41, 5.74) is 0.858. The van der Waals surface area contributed by atoms with E-state index >= 15 is 0 Å². The van der Waals surface area contributed by atoms with Crippen LogP contribution in [0.5, 0.6) is 11.5 Å². The lowest BCUT2D eigenvalue weighted by Gasteiger charge is -2.10. The van der Waals surface area contributed by atoms with E-state index in [0.717, 1.165) is 0 Å². The topological polar surface area (TPSA) is 128 Å². The van der Waals surface area contributed by atoms with Crippen LogP contribution in [-0.4, -0.2) is 34.4 Å². The number of carbonyl (C=O) groups excluding carboxylic acids is 1. The monoisotopic (exact) mass is 456 g/mol. The van der Waals surface area contributed by atoms with Crippen LogP contribution in [0.25, 0.3) is 0 Å². The SMILES string of the molecule is CCCS(=O)(=O)Oc1ccc(NC(=O)Nc2ccc(OS(=O)(=O)CCC)cc2)cc1. The Bertz CT molecular complexity index is 964. The van der Waals surface area contributed by atoms with Gasteiger partial charge in [0.15, 0.2) is 0 Å². The summed E-state index contributed by atoms with van der Waals surface area (Å²) < 4.78 is 56.5. The number of anilines is 2. The van der Waals surface area contributed by atoms with E-state index in [1.165, 1.54) is 48.5 Å². The zero-order valence-corrected chi connectivity index (χ0v) is 18.3. The smallest absolute Gasteiger partial charge is 0.323 e. The van der Waals surface area contributed by atoms with Crippen LogP contribution in [-0.2, 0) is 20.2 Å². The molecule has 2 rings (SSSR count). The van der Waals surface area contributed by atoms with Gasteiger partial charge in [-0.3, -0.25) is 0 Å². The molecule has 0 unspecified atom stereocenters. The Morgan fingerprint density at radius 1 is 0.700 bits per heavy atom. The number of amides is 2. The molecule has 0 atom stereocenters. The van der Waals surface area contributed by atoms with Gasteiger partial charge in [0, 0.05) is 11.4 Å². The van der Waals surface area contributed by atoms with Gasteiger partial charge in [-0.1, -0.05) is 13.8 Å². The maximum absolute atomic E-state index is 12.1. The van der Waals surface area contributed by atoms with Crippen LogP contribution >= 0.6 is 0 Å². The average Bonchev–Trinajstić information content (AvgIpc) is 2.64. The van der Waals surface area contributed by atoms with Gasteiger partial charge in [-0.2, -0.15) is 16.8 Å². The molecule has 0 heterocycles. The molecule has 2 aromatic rings. The quantitative estimate of drug-likeness (QED) is 0.523. The fraction of sp³-hybridized carbons (Fsp3) is 0.316. The van der Waals surface area contributed by atoms with Gasteiger partial charge >= 0.3 is 26.3 Å². The van der Waals surface area contributed by atoms with Gasteiger partial charge in [0.1, 0.15) is 11.5 Å². The van der Waals surface area contributed by atoms with E-state index in [1.54, 1.807) is 13.8 Å². The van der Waals surface area contributed by atoms with Gasteiger partial charge in [-0.15, -0.1) is 0 Å². The van der Waals surface area contributed by atoms with Crippen LogP contribution in [0, 0.1) is 0 Å². The predicted octanol–water partition coefficient (Wildman–Crippen LogP) is 3.57. The minimum atomic E-state index is -3.63. The van der Waals surface area contributed by atoms with Gasteiger partial charge in [-0.25, -0.2) is 4.79 Å². The molecule has 0 aliphatic carbocycles. The Morgan fingerprint density at radius 2 is 1.03 bits per heavy atom. The second kappa shape index (κ2) is 10.3. The van der Waals surface area contributed by atoms with Crippen LogP contribution in [0.15, 0.2) is 48.5 Å². The van der Waals surface area contributed by atoms with Crippen molar-refractivity contribution < 1.29 is 30.0 Å². The molecule has 30 heavy (non-hydrogen) atoms. The molecule has 0 aromatic heterocycles. The summed E-state index contributed by atoms with van der Waals surface area (Å²) in [4.78, 5) is 12.1. The lowest BCUT2D eigenvalue weighted by atomic mass is 10.3. The summed E-state index contributed by atoms with van der Waals surface area (Å²) in [6.07, 6.45) is 0.896. The zero-order chi connectivity index (χ0) is 22.2. The Labute approximate surface area is 176 Å². The molecule has 0 fully saturated rings. The molecule has 0 saturated heterocycles. The van der Waals surface area contributed by atoms with Gasteiger partial charge < -0.3 is 19.0 Å². The van der Waals surface area contributed by atoms with Crippen LogP contribution in [0.1, 0.15) is 26.7 Å². The Balaban J connectivity index is 1.91. The maximum atomic E-state index is 12.1. The molecule has 0 bridgehead atoms. The molecule has 11 heteroatoms. The number of hydrogen-bond acceptors (Lipinski definition) is 7. The van der Waals surface area contributed by atoms with Crippen molar-refractivity contribution in [2.24, 2.45) is 0 Å². The molecular formula is C19H24N2O7S2. The van der Waals surface area contributed by atoms with E-state index in [9.17, 15) is 21.6 Å². The van der Waals surface area contributed by atoms with Gasteiger partial charge in [0.2, 0.25) is 0 Å². The van der Waals surface area contributed by atoms with Crippen molar-refractivity contribution in [2.75, 3.05) is 22.1 Å². The van der Waals surface area contributed by atoms with Crippen molar-refractivity contribution >= 4 is 37.6 Å². The van der Waals surface area contributed by atoms with Crippen LogP contribution < -0.4 is 19.0 Å². The zero-order valence-electron chi connectivity index (χ0n) is 16.6. The van der Waals surface area contributed by atoms with Crippen molar-refractivity contribution in [3.8, 4) is 11.5 Å². The second-order valence-corrected chi connectivity index (χ2v) is 9.70. The summed E-state index contributed by atoms with van der Waals surface area (Å²) in [6, 6.07) is 11.2. The van der Waals surface area contributed by atoms with Crippen molar-refractivity contribution in [2.45, 2.75) is 26.7 Å². The van der Waals surface area contributed by atoms with E-state index in [2.05, 4.69) is 10.6 Å². The molecule has 0 aliphatic heterocycles. The fourth-order valence-electron chi connectivity index (χ4n) is 2.36. The highest BCUT2D eigenvalue weighted by atomic mass is 32.2. The molecule has 2 N–H and O–H groups in total. The standard InChI is InChI=1S/C19H24N2O7S2/c1-3-13-29(23,24)27-17-9-5-15(6-10-17)20-19(22)21-16-7-11-18(12-8-16)28-30(25,26)14-4-2/h5-12H,3-4,13-14H2,1-2H3,(H2,20,21,22). The van der Waals surface area contributed by atoms with E-state index in [1.807, 2.05) is 0 Å². The summed E-state index contributed by atoms with van der Waals surface area (Å²) in [5, 5.41) is 5.19. The molecule has 2 aromatic carbocycles. The van der Waals surface area contributed by atoms with Crippen LogP contribution in [0.2, 0.25) is 0 Å². The lowest BCUT2D eigenvalue weighted by Crippen LogP contribution is -2.19. The summed E-state index contributed by atoms with van der Waals surface area (Å²) in [5.74, 6) is 0.152. The van der Waals surface area contributed by atoms with Crippen molar-refractivity contribution in [1.82, 2.24) is 0 Å². The minimum Gasteiger partial charge on any atom is -0.382 e. The number of carbonyl (C=O) groups is 1. The van der Waals surface area contributed by atoms with E-state index in [0.29, 0.717) is 24.2 Å². The maximum Gasteiger partial charge on any atom is 0.323 e. The van der Waals surface area contributed by atoms with E-state index in [4.69, 9.17) is 8.37 Å². The van der Waals surface area contributed by atoms with Gasteiger partial charge in [-0.05, 0) is 61.4 Å². The molecule has 0 radical (unpaired) electrons. The van der Waals surface area contributed by atoms with Crippen molar-refractivity contribution in [1.29, 1.82) is 0 Å². The molecular weight excluding hydrogens is 432 g/mol. The minimum absolute atomic E-state index is 0.0796. The molecule has 164 valence electrons. The lowest BCUT2D eigenvalue weighted by molar-refractivity contribution is 0.262. The predicted molar refractivity (Wildman–Crippen MR) is 115 cm³/mol. The van der Waals surface area contributed by atoms with E-state index in [-0.39, 0.29) is 23.0 Å². The molecule has 0 aliphatic rings. The van der Waals surface area contributed by atoms with Gasteiger partial charge in [0.25, 0.3) is 0 Å². The normalized spacial score (nSPS) is 11.5. The molecule has 9 nitrogen and oxygen atoms in total. The fourth-order valence-corrected chi connectivity index (χ4v) is 4.33. The summed E-state index contributed by atoms with van der Waals surface area (Å²) in [6.45, 7) is 3.48.